The molecule has 32 heavy (non-hydrogen) atoms. The maximum Gasteiger partial charge on any atom is 0.416 e. The largest absolute Gasteiger partial charge is 0.479 e. The Morgan fingerprint density at radius 2 is 1.84 bits per heavy atom. The number of nitrogens with zero attached hydrogens (tertiary/aromatic N) is 1. The summed E-state index contributed by atoms with van der Waals surface area (Å²) in [6.07, 6.45) is -4.66. The van der Waals surface area contributed by atoms with Crippen molar-refractivity contribution in [2.45, 2.75) is 18.7 Å². The number of Topliss-reactive ketones (excluding diaryl/α,β-unsaturated/α-hetero) is 1. The minimum absolute atomic E-state index is 0.0550. The van der Waals surface area contributed by atoms with Crippen LogP contribution in [0, 0.1) is 10.1 Å². The molecule has 0 amide bonds. The average Bonchev–Trinajstić information content (AvgIpc) is 2.71. The molecule has 0 aromatic heterocycles. The van der Waals surface area contributed by atoms with Gasteiger partial charge < -0.3 is 19.7 Å². The van der Waals surface area contributed by atoms with Crippen molar-refractivity contribution in [1.82, 2.24) is 0 Å². The van der Waals surface area contributed by atoms with Gasteiger partial charge in [-0.3, -0.25) is 14.9 Å². The molecule has 9 nitrogen and oxygen atoms in total. The molecule has 0 heterocycles. The molecular formula is C19H15ClF3NO8. The number of aliphatic carboxylic acids is 1. The van der Waals surface area contributed by atoms with Gasteiger partial charge in [0.15, 0.2) is 0 Å². The fraction of sp³-hybridized carbons (Fsp3) is 0.263. The summed E-state index contributed by atoms with van der Waals surface area (Å²) < 4.78 is 48.5. The molecule has 1 atom stereocenters. The molecule has 2 N–H and O–H groups in total. The first-order valence-electron chi connectivity index (χ1n) is 8.72. The van der Waals surface area contributed by atoms with Crippen LogP contribution in [0.2, 0.25) is 5.02 Å². The molecule has 0 saturated heterocycles. The topological polar surface area (TPSA) is 136 Å². The zero-order chi connectivity index (χ0) is 24.3. The van der Waals surface area contributed by atoms with E-state index < -0.39 is 56.9 Å². The highest BCUT2D eigenvalue weighted by molar-refractivity contribution is 6.32. The van der Waals surface area contributed by atoms with Crippen molar-refractivity contribution < 1.29 is 47.4 Å². The first kappa shape index (κ1) is 25.0. The molecular weight excluding hydrogens is 463 g/mol. The molecule has 0 saturated carbocycles. The second kappa shape index (κ2) is 9.51. The number of hydrogen-bond acceptors (Lipinski definition) is 7. The van der Waals surface area contributed by atoms with E-state index in [1.165, 1.54) is 6.92 Å². The van der Waals surface area contributed by atoms with Gasteiger partial charge in [0.2, 0.25) is 11.4 Å². The number of nitro groups is 1. The van der Waals surface area contributed by atoms with E-state index in [9.17, 15) is 43.1 Å². The molecule has 0 bridgehead atoms. The van der Waals surface area contributed by atoms with Crippen molar-refractivity contribution >= 4 is 29.0 Å². The van der Waals surface area contributed by atoms with E-state index in [0.717, 1.165) is 24.3 Å². The summed E-state index contributed by atoms with van der Waals surface area (Å²) in [5.41, 5.74) is -5.83. The minimum Gasteiger partial charge on any atom is -0.479 e. The van der Waals surface area contributed by atoms with Gasteiger partial charge >= 0.3 is 12.1 Å². The SMILES string of the molecule is CCOCC(O)(C(=O)O)C(=O)c1cc(Oc2ccc(C(F)(F)F)cc2Cl)ccc1[N+](=O)[O-]. The summed E-state index contributed by atoms with van der Waals surface area (Å²) >= 11 is 5.81. The zero-order valence-electron chi connectivity index (χ0n) is 16.2. The molecule has 0 aliphatic heterocycles. The van der Waals surface area contributed by atoms with Gasteiger partial charge in [-0.1, -0.05) is 11.6 Å². The number of carboxylic acids is 1. The first-order chi connectivity index (χ1) is 14.8. The maximum absolute atomic E-state index is 12.8. The number of carboxylic acid groups (broad SMARTS) is 1. The van der Waals surface area contributed by atoms with E-state index in [1.54, 1.807) is 0 Å². The highest BCUT2D eigenvalue weighted by Crippen LogP contribution is 2.37. The average molecular weight is 478 g/mol. The second-order valence-electron chi connectivity index (χ2n) is 6.31. The van der Waals surface area contributed by atoms with Crippen LogP contribution in [0.3, 0.4) is 0 Å². The van der Waals surface area contributed by atoms with Crippen LogP contribution in [0.15, 0.2) is 36.4 Å². The summed E-state index contributed by atoms with van der Waals surface area (Å²) in [4.78, 5) is 34.6. The van der Waals surface area contributed by atoms with Gasteiger partial charge in [-0.25, -0.2) is 4.79 Å². The Balaban J connectivity index is 2.49. The molecule has 0 aliphatic carbocycles. The summed E-state index contributed by atoms with van der Waals surface area (Å²) in [6, 6.07) is 4.78. The van der Waals surface area contributed by atoms with E-state index in [1.807, 2.05) is 0 Å². The molecule has 0 aliphatic rings. The Hall–Kier alpha value is -3.22. The quantitative estimate of drug-likeness (QED) is 0.238. The molecule has 0 radical (unpaired) electrons. The van der Waals surface area contributed by atoms with Gasteiger partial charge in [0, 0.05) is 12.7 Å². The Labute approximate surface area is 183 Å². The third kappa shape index (κ3) is 5.33. The Kier molecular flexibility index (Phi) is 7.44. The molecule has 0 spiro atoms. The Morgan fingerprint density at radius 1 is 1.19 bits per heavy atom. The van der Waals surface area contributed by atoms with Gasteiger partial charge in [-0.2, -0.15) is 13.2 Å². The van der Waals surface area contributed by atoms with Gasteiger partial charge in [0.1, 0.15) is 17.1 Å². The van der Waals surface area contributed by atoms with Gasteiger partial charge in [0.25, 0.3) is 5.69 Å². The molecule has 13 heteroatoms. The van der Waals surface area contributed by atoms with Crippen molar-refractivity contribution in [1.29, 1.82) is 0 Å². The number of ether oxygens (including phenoxy) is 2. The van der Waals surface area contributed by atoms with Crippen LogP contribution in [0.1, 0.15) is 22.8 Å². The van der Waals surface area contributed by atoms with Crippen LogP contribution < -0.4 is 4.74 Å². The van der Waals surface area contributed by atoms with E-state index in [0.29, 0.717) is 12.1 Å². The van der Waals surface area contributed by atoms with E-state index in [4.69, 9.17) is 21.1 Å². The lowest BCUT2D eigenvalue weighted by Crippen LogP contribution is -2.50. The van der Waals surface area contributed by atoms with Crippen LogP contribution in [0.5, 0.6) is 11.5 Å². The zero-order valence-corrected chi connectivity index (χ0v) is 16.9. The lowest BCUT2D eigenvalue weighted by Gasteiger charge is -2.21. The molecule has 2 rings (SSSR count). The fourth-order valence-electron chi connectivity index (χ4n) is 2.50. The number of nitro benzene ring substituents is 1. The number of aliphatic hydroxyl groups is 1. The minimum atomic E-state index is -4.66. The lowest BCUT2D eigenvalue weighted by molar-refractivity contribution is -0.385. The number of ketones is 1. The van der Waals surface area contributed by atoms with E-state index >= 15 is 0 Å². The van der Waals surface area contributed by atoms with Crippen molar-refractivity contribution in [3.8, 4) is 11.5 Å². The standard InChI is InChI=1S/C19H15ClF3NO8/c1-2-31-9-18(28,17(26)27)16(25)12-8-11(4-5-14(12)24(29)30)32-15-6-3-10(7-13(15)20)19(21,22)23/h3-8,28H,2,9H2,1H3,(H,26,27). The summed E-state index contributed by atoms with van der Waals surface area (Å²) in [5.74, 6) is -4.10. The monoisotopic (exact) mass is 477 g/mol. The number of benzene rings is 2. The molecule has 0 fully saturated rings. The predicted octanol–water partition coefficient (Wildman–Crippen LogP) is 4.09. The summed E-state index contributed by atoms with van der Waals surface area (Å²) in [7, 11) is 0. The van der Waals surface area contributed by atoms with Gasteiger partial charge in [-0.15, -0.1) is 0 Å². The number of carbonyl (C=O) groups excluding carboxylic acids is 1. The summed E-state index contributed by atoms with van der Waals surface area (Å²) in [6.45, 7) is 0.433. The lowest BCUT2D eigenvalue weighted by atomic mass is 9.92. The van der Waals surface area contributed by atoms with Gasteiger partial charge in [-0.05, 0) is 37.3 Å². The maximum atomic E-state index is 12.8. The Bertz CT molecular complexity index is 1060. The van der Waals surface area contributed by atoms with Crippen molar-refractivity contribution in [2.24, 2.45) is 0 Å². The highest BCUT2D eigenvalue weighted by Gasteiger charge is 2.47. The van der Waals surface area contributed by atoms with E-state index in [2.05, 4.69) is 0 Å². The third-order valence-corrected chi connectivity index (χ3v) is 4.44. The van der Waals surface area contributed by atoms with E-state index in [-0.39, 0.29) is 18.1 Å². The fourth-order valence-corrected chi connectivity index (χ4v) is 2.72. The normalized spacial score (nSPS) is 13.3. The molecule has 1 unspecified atom stereocenters. The van der Waals surface area contributed by atoms with Crippen LogP contribution >= 0.6 is 11.6 Å². The smallest absolute Gasteiger partial charge is 0.416 e. The van der Waals surface area contributed by atoms with Crippen molar-refractivity contribution in [3.05, 3.63) is 62.7 Å². The predicted molar refractivity (Wildman–Crippen MR) is 103 cm³/mol. The third-order valence-electron chi connectivity index (χ3n) is 4.14. The first-order valence-corrected chi connectivity index (χ1v) is 9.10. The number of rotatable bonds is 9. The Morgan fingerprint density at radius 3 is 2.34 bits per heavy atom. The number of halogens is 4. The van der Waals surface area contributed by atoms with Crippen LogP contribution in [-0.2, 0) is 15.7 Å². The molecule has 2 aromatic carbocycles. The van der Waals surface area contributed by atoms with Crippen molar-refractivity contribution in [3.63, 3.8) is 0 Å². The number of carbonyl (C=O) groups is 2. The molecule has 172 valence electrons. The second-order valence-corrected chi connectivity index (χ2v) is 6.72. The van der Waals surface area contributed by atoms with Crippen LogP contribution in [0.25, 0.3) is 0 Å². The van der Waals surface area contributed by atoms with Crippen LogP contribution in [0.4, 0.5) is 18.9 Å². The van der Waals surface area contributed by atoms with Crippen molar-refractivity contribution in [2.75, 3.05) is 13.2 Å². The highest BCUT2D eigenvalue weighted by atomic mass is 35.5. The van der Waals surface area contributed by atoms with Gasteiger partial charge in [0.05, 0.1) is 22.1 Å². The number of alkyl halides is 3. The molecule has 2 aromatic rings. The summed E-state index contributed by atoms with van der Waals surface area (Å²) in [5, 5.41) is 30.5. The van der Waals surface area contributed by atoms with Crippen LogP contribution in [-0.4, -0.2) is 45.7 Å². The number of hydrogen-bond donors (Lipinski definition) is 2.